The molecular formula is C15H23FN2. The van der Waals surface area contributed by atoms with E-state index in [-0.39, 0.29) is 17.9 Å². The lowest BCUT2D eigenvalue weighted by Gasteiger charge is -2.34. The summed E-state index contributed by atoms with van der Waals surface area (Å²) in [6, 6.07) is 5.31. The summed E-state index contributed by atoms with van der Waals surface area (Å²) in [6.45, 7) is 6.22. The van der Waals surface area contributed by atoms with Crippen molar-refractivity contribution in [3.05, 3.63) is 35.1 Å². The zero-order valence-corrected chi connectivity index (χ0v) is 11.3. The van der Waals surface area contributed by atoms with Gasteiger partial charge in [-0.25, -0.2) is 4.39 Å². The SMILES string of the molecule is CCN1CCCCC(N)C1c1cc(F)ccc1C. The van der Waals surface area contributed by atoms with Gasteiger partial charge in [-0.2, -0.15) is 0 Å². The molecule has 1 aliphatic heterocycles. The van der Waals surface area contributed by atoms with E-state index >= 15 is 0 Å². The van der Waals surface area contributed by atoms with Gasteiger partial charge in [-0.05, 0) is 56.1 Å². The first kappa shape index (κ1) is 13.5. The van der Waals surface area contributed by atoms with Crippen LogP contribution in [-0.4, -0.2) is 24.0 Å². The van der Waals surface area contributed by atoms with Crippen LogP contribution in [0.5, 0.6) is 0 Å². The van der Waals surface area contributed by atoms with Crippen LogP contribution in [0.15, 0.2) is 18.2 Å². The normalized spacial score (nSPS) is 26.0. The molecule has 18 heavy (non-hydrogen) atoms. The molecule has 1 fully saturated rings. The lowest BCUT2D eigenvalue weighted by Crippen LogP contribution is -2.40. The molecule has 2 atom stereocenters. The molecule has 2 rings (SSSR count). The molecule has 0 aliphatic carbocycles. The number of hydrogen-bond donors (Lipinski definition) is 1. The number of halogens is 1. The Morgan fingerprint density at radius 1 is 1.39 bits per heavy atom. The van der Waals surface area contributed by atoms with Crippen molar-refractivity contribution in [3.8, 4) is 0 Å². The monoisotopic (exact) mass is 250 g/mol. The van der Waals surface area contributed by atoms with E-state index in [1.165, 1.54) is 18.9 Å². The van der Waals surface area contributed by atoms with Gasteiger partial charge in [0.25, 0.3) is 0 Å². The third-order valence-corrected chi connectivity index (χ3v) is 4.00. The first-order chi connectivity index (χ1) is 8.63. The fourth-order valence-electron chi connectivity index (χ4n) is 2.97. The number of rotatable bonds is 2. The van der Waals surface area contributed by atoms with Crippen LogP contribution in [0.4, 0.5) is 4.39 Å². The summed E-state index contributed by atoms with van der Waals surface area (Å²) in [5.41, 5.74) is 8.53. The molecule has 0 amide bonds. The molecule has 1 aromatic carbocycles. The van der Waals surface area contributed by atoms with Crippen LogP contribution in [0.1, 0.15) is 43.4 Å². The summed E-state index contributed by atoms with van der Waals surface area (Å²) in [4.78, 5) is 2.39. The first-order valence-electron chi connectivity index (χ1n) is 6.89. The highest BCUT2D eigenvalue weighted by Gasteiger charge is 2.29. The second-order valence-electron chi connectivity index (χ2n) is 5.23. The molecule has 0 bridgehead atoms. The van der Waals surface area contributed by atoms with Crippen molar-refractivity contribution >= 4 is 0 Å². The minimum Gasteiger partial charge on any atom is -0.326 e. The topological polar surface area (TPSA) is 29.3 Å². The number of nitrogens with zero attached hydrogens (tertiary/aromatic N) is 1. The average Bonchev–Trinajstić information content (AvgIpc) is 2.54. The number of aryl methyl sites for hydroxylation is 1. The van der Waals surface area contributed by atoms with E-state index in [1.54, 1.807) is 6.07 Å². The van der Waals surface area contributed by atoms with E-state index in [1.807, 2.05) is 13.0 Å². The Balaban J connectivity index is 2.39. The van der Waals surface area contributed by atoms with Crippen LogP contribution in [-0.2, 0) is 0 Å². The van der Waals surface area contributed by atoms with Gasteiger partial charge in [0.05, 0.1) is 6.04 Å². The Morgan fingerprint density at radius 2 is 2.17 bits per heavy atom. The van der Waals surface area contributed by atoms with Crippen molar-refractivity contribution in [2.45, 2.75) is 45.2 Å². The lowest BCUT2D eigenvalue weighted by atomic mass is 9.93. The Morgan fingerprint density at radius 3 is 2.89 bits per heavy atom. The molecule has 2 nitrogen and oxygen atoms in total. The quantitative estimate of drug-likeness (QED) is 0.874. The Kier molecular flexibility index (Phi) is 4.36. The average molecular weight is 250 g/mol. The molecule has 3 heteroatoms. The molecular weight excluding hydrogens is 227 g/mol. The Hall–Kier alpha value is -0.930. The zero-order chi connectivity index (χ0) is 13.1. The van der Waals surface area contributed by atoms with Crippen molar-refractivity contribution in [2.24, 2.45) is 5.73 Å². The molecule has 2 N–H and O–H groups in total. The van der Waals surface area contributed by atoms with Gasteiger partial charge in [-0.3, -0.25) is 4.90 Å². The minimum absolute atomic E-state index is 0.105. The van der Waals surface area contributed by atoms with Gasteiger partial charge in [0.2, 0.25) is 0 Å². The van der Waals surface area contributed by atoms with Gasteiger partial charge in [-0.15, -0.1) is 0 Å². The Labute approximate surface area is 109 Å². The fraction of sp³-hybridized carbons (Fsp3) is 0.600. The van der Waals surface area contributed by atoms with E-state index in [0.717, 1.165) is 30.6 Å². The largest absolute Gasteiger partial charge is 0.326 e. The van der Waals surface area contributed by atoms with Crippen LogP contribution >= 0.6 is 0 Å². The molecule has 0 radical (unpaired) electrons. The first-order valence-corrected chi connectivity index (χ1v) is 6.89. The van der Waals surface area contributed by atoms with Gasteiger partial charge in [0.1, 0.15) is 5.82 Å². The maximum Gasteiger partial charge on any atom is 0.123 e. The highest BCUT2D eigenvalue weighted by atomic mass is 19.1. The fourth-order valence-corrected chi connectivity index (χ4v) is 2.97. The second kappa shape index (κ2) is 5.81. The highest BCUT2D eigenvalue weighted by Crippen LogP contribution is 2.31. The van der Waals surface area contributed by atoms with E-state index in [0.29, 0.717) is 0 Å². The molecule has 0 aromatic heterocycles. The van der Waals surface area contributed by atoms with Crippen molar-refractivity contribution in [1.29, 1.82) is 0 Å². The lowest BCUT2D eigenvalue weighted by molar-refractivity contribution is 0.194. The maximum absolute atomic E-state index is 13.5. The number of likely N-dealkylation sites (N-methyl/N-ethyl adjacent to an activating group) is 1. The molecule has 1 heterocycles. The van der Waals surface area contributed by atoms with Crippen LogP contribution in [0.3, 0.4) is 0 Å². The van der Waals surface area contributed by atoms with Crippen LogP contribution in [0.2, 0.25) is 0 Å². The molecule has 0 saturated carbocycles. The molecule has 2 unspecified atom stereocenters. The smallest absolute Gasteiger partial charge is 0.123 e. The summed E-state index contributed by atoms with van der Waals surface area (Å²) >= 11 is 0. The molecule has 1 aliphatic rings. The predicted octanol–water partition coefficient (Wildman–Crippen LogP) is 3.01. The predicted molar refractivity (Wildman–Crippen MR) is 73.0 cm³/mol. The van der Waals surface area contributed by atoms with Crippen molar-refractivity contribution in [2.75, 3.05) is 13.1 Å². The molecule has 1 saturated heterocycles. The van der Waals surface area contributed by atoms with Gasteiger partial charge in [0.15, 0.2) is 0 Å². The minimum atomic E-state index is -0.164. The van der Waals surface area contributed by atoms with Crippen molar-refractivity contribution in [1.82, 2.24) is 4.90 Å². The van der Waals surface area contributed by atoms with Crippen molar-refractivity contribution in [3.63, 3.8) is 0 Å². The van der Waals surface area contributed by atoms with E-state index in [2.05, 4.69) is 11.8 Å². The van der Waals surface area contributed by atoms with Gasteiger partial charge in [-0.1, -0.05) is 19.4 Å². The van der Waals surface area contributed by atoms with E-state index in [9.17, 15) is 4.39 Å². The summed E-state index contributed by atoms with van der Waals surface area (Å²) < 4.78 is 13.5. The van der Waals surface area contributed by atoms with Crippen LogP contribution < -0.4 is 5.73 Å². The number of likely N-dealkylation sites (tertiary alicyclic amines) is 1. The number of benzene rings is 1. The third-order valence-electron chi connectivity index (χ3n) is 4.00. The second-order valence-corrected chi connectivity index (χ2v) is 5.23. The summed E-state index contributed by atoms with van der Waals surface area (Å²) in [6.07, 6.45) is 3.38. The van der Waals surface area contributed by atoms with E-state index < -0.39 is 0 Å². The standard InChI is InChI=1S/C15H23FN2/c1-3-18-9-5-4-6-14(17)15(18)13-10-12(16)8-7-11(13)2/h7-8,10,14-15H,3-6,9,17H2,1-2H3. The number of hydrogen-bond acceptors (Lipinski definition) is 2. The molecule has 100 valence electrons. The molecule has 1 aromatic rings. The van der Waals surface area contributed by atoms with Gasteiger partial charge in [0, 0.05) is 6.04 Å². The van der Waals surface area contributed by atoms with E-state index in [4.69, 9.17) is 5.73 Å². The van der Waals surface area contributed by atoms with Crippen LogP contribution in [0.25, 0.3) is 0 Å². The maximum atomic E-state index is 13.5. The summed E-state index contributed by atoms with van der Waals surface area (Å²) in [5, 5.41) is 0. The summed E-state index contributed by atoms with van der Waals surface area (Å²) in [5.74, 6) is -0.164. The van der Waals surface area contributed by atoms with Crippen molar-refractivity contribution < 1.29 is 4.39 Å². The van der Waals surface area contributed by atoms with Gasteiger partial charge < -0.3 is 5.73 Å². The van der Waals surface area contributed by atoms with Gasteiger partial charge >= 0.3 is 0 Å². The van der Waals surface area contributed by atoms with Crippen LogP contribution in [0, 0.1) is 12.7 Å². The number of nitrogens with two attached hydrogens (primary N) is 1. The molecule has 0 spiro atoms. The zero-order valence-electron chi connectivity index (χ0n) is 11.3. The summed E-state index contributed by atoms with van der Waals surface area (Å²) in [7, 11) is 0. The Bertz CT molecular complexity index is 405. The highest BCUT2D eigenvalue weighted by molar-refractivity contribution is 5.31. The third kappa shape index (κ3) is 2.73.